The van der Waals surface area contributed by atoms with Crippen molar-refractivity contribution in [3.8, 4) is 0 Å². The molecule has 1 rings (SSSR count). The molecule has 0 unspecified atom stereocenters. The summed E-state index contributed by atoms with van der Waals surface area (Å²) in [7, 11) is 1.85. The normalized spacial score (nSPS) is 24.3. The molecule has 17 heavy (non-hydrogen) atoms. The predicted octanol–water partition coefficient (Wildman–Crippen LogP) is 0.981. The number of aliphatic hydroxyl groups excluding tert-OH is 1. The minimum absolute atomic E-state index is 0.153. The van der Waals surface area contributed by atoms with E-state index in [1.54, 1.807) is 4.90 Å². The maximum atomic E-state index is 12.4. The number of amides is 1. The van der Waals surface area contributed by atoms with E-state index in [4.69, 9.17) is 5.73 Å². The van der Waals surface area contributed by atoms with Gasteiger partial charge >= 0.3 is 0 Å². The maximum Gasteiger partial charge on any atom is 0.229 e. The van der Waals surface area contributed by atoms with E-state index in [1.165, 1.54) is 0 Å². The van der Waals surface area contributed by atoms with Gasteiger partial charge in [0.2, 0.25) is 5.91 Å². The number of nitrogens with two attached hydrogens (primary N) is 1. The molecule has 3 N–H and O–H groups in total. The van der Waals surface area contributed by atoms with E-state index < -0.39 is 5.41 Å². The van der Waals surface area contributed by atoms with Crippen LogP contribution in [0.4, 0.5) is 0 Å². The molecule has 0 spiro atoms. The standard InChI is InChI=1S/C13H26N2O2/c1-4-13(5-2,9-14)12(17)15(3)8-10-6-11(16)7-10/h10-11,16H,4-9,14H2,1-3H3. The summed E-state index contributed by atoms with van der Waals surface area (Å²) in [4.78, 5) is 14.2. The molecule has 0 aromatic carbocycles. The van der Waals surface area contributed by atoms with Crippen molar-refractivity contribution in [2.45, 2.75) is 45.6 Å². The molecule has 1 aliphatic carbocycles. The second-order valence-corrected chi connectivity index (χ2v) is 5.37. The first-order chi connectivity index (χ1) is 7.99. The Morgan fingerprint density at radius 2 is 1.94 bits per heavy atom. The molecule has 0 aromatic rings. The number of rotatable bonds is 6. The van der Waals surface area contributed by atoms with Crippen molar-refractivity contribution in [3.63, 3.8) is 0 Å². The Morgan fingerprint density at radius 3 is 2.29 bits per heavy atom. The molecule has 1 saturated carbocycles. The lowest BCUT2D eigenvalue weighted by atomic mass is 9.79. The Kier molecular flexibility index (Phi) is 4.95. The molecule has 1 amide bonds. The zero-order valence-corrected chi connectivity index (χ0v) is 11.3. The Labute approximate surface area is 104 Å². The highest BCUT2D eigenvalue weighted by Gasteiger charge is 2.37. The number of hydrogen-bond donors (Lipinski definition) is 2. The third kappa shape index (κ3) is 2.99. The van der Waals surface area contributed by atoms with Crippen molar-refractivity contribution >= 4 is 5.91 Å². The first kappa shape index (κ1) is 14.5. The van der Waals surface area contributed by atoms with Gasteiger partial charge in [0.05, 0.1) is 11.5 Å². The van der Waals surface area contributed by atoms with Crippen LogP contribution >= 0.6 is 0 Å². The van der Waals surface area contributed by atoms with Crippen LogP contribution in [0.5, 0.6) is 0 Å². The van der Waals surface area contributed by atoms with Crippen molar-refractivity contribution in [1.29, 1.82) is 0 Å². The first-order valence-corrected chi connectivity index (χ1v) is 6.62. The molecule has 0 aromatic heterocycles. The average molecular weight is 242 g/mol. The van der Waals surface area contributed by atoms with Gasteiger partial charge in [-0.2, -0.15) is 0 Å². The highest BCUT2D eigenvalue weighted by atomic mass is 16.3. The molecular weight excluding hydrogens is 216 g/mol. The number of aliphatic hydroxyl groups is 1. The first-order valence-electron chi connectivity index (χ1n) is 6.62. The minimum atomic E-state index is -0.392. The monoisotopic (exact) mass is 242 g/mol. The largest absolute Gasteiger partial charge is 0.393 e. The van der Waals surface area contributed by atoms with Crippen molar-refractivity contribution in [2.75, 3.05) is 20.1 Å². The van der Waals surface area contributed by atoms with Crippen molar-refractivity contribution in [3.05, 3.63) is 0 Å². The van der Waals surface area contributed by atoms with Gasteiger partial charge in [0, 0.05) is 20.1 Å². The number of hydrogen-bond acceptors (Lipinski definition) is 3. The van der Waals surface area contributed by atoms with Crippen molar-refractivity contribution in [1.82, 2.24) is 4.90 Å². The number of carbonyl (C=O) groups excluding carboxylic acids is 1. The second kappa shape index (κ2) is 5.83. The Balaban J connectivity index is 2.55. The molecule has 4 nitrogen and oxygen atoms in total. The van der Waals surface area contributed by atoms with Crippen LogP contribution in [0.3, 0.4) is 0 Å². The van der Waals surface area contributed by atoms with Gasteiger partial charge in [-0.25, -0.2) is 0 Å². The van der Waals surface area contributed by atoms with Gasteiger partial charge < -0.3 is 15.7 Å². The summed E-state index contributed by atoms with van der Waals surface area (Å²) in [6.07, 6.45) is 3.07. The Morgan fingerprint density at radius 1 is 1.41 bits per heavy atom. The molecule has 0 atom stereocenters. The minimum Gasteiger partial charge on any atom is -0.393 e. The number of nitrogens with zero attached hydrogens (tertiary/aromatic N) is 1. The molecule has 0 saturated heterocycles. The van der Waals surface area contributed by atoms with Crippen molar-refractivity contribution in [2.24, 2.45) is 17.1 Å². The van der Waals surface area contributed by atoms with E-state index in [2.05, 4.69) is 0 Å². The number of carbonyl (C=O) groups is 1. The van der Waals surface area contributed by atoms with Gasteiger partial charge in [-0.3, -0.25) is 4.79 Å². The average Bonchev–Trinajstić information content (AvgIpc) is 2.29. The van der Waals surface area contributed by atoms with E-state index in [1.807, 2.05) is 20.9 Å². The van der Waals surface area contributed by atoms with Crippen LogP contribution in [-0.4, -0.2) is 42.2 Å². The lowest BCUT2D eigenvalue weighted by molar-refractivity contribution is -0.142. The second-order valence-electron chi connectivity index (χ2n) is 5.37. The summed E-state index contributed by atoms with van der Waals surface area (Å²) in [5.41, 5.74) is 5.39. The summed E-state index contributed by atoms with van der Waals surface area (Å²) < 4.78 is 0. The molecule has 0 aliphatic heterocycles. The van der Waals surface area contributed by atoms with Crippen LogP contribution in [0.25, 0.3) is 0 Å². The fourth-order valence-corrected chi connectivity index (χ4v) is 2.65. The SMILES string of the molecule is CCC(CC)(CN)C(=O)N(C)CC1CC(O)C1. The van der Waals surface area contributed by atoms with Gasteiger partial charge in [0.15, 0.2) is 0 Å². The quantitative estimate of drug-likeness (QED) is 0.729. The highest BCUT2D eigenvalue weighted by molar-refractivity contribution is 5.82. The summed E-state index contributed by atoms with van der Waals surface area (Å²) in [5.74, 6) is 0.620. The van der Waals surface area contributed by atoms with Gasteiger partial charge in [0.1, 0.15) is 0 Å². The molecule has 4 heteroatoms. The van der Waals surface area contributed by atoms with Crippen LogP contribution in [-0.2, 0) is 4.79 Å². The summed E-state index contributed by atoms with van der Waals surface area (Å²) in [6.45, 7) is 5.21. The van der Waals surface area contributed by atoms with Crippen LogP contribution in [0.2, 0.25) is 0 Å². The zero-order chi connectivity index (χ0) is 13.1. The van der Waals surface area contributed by atoms with E-state index in [9.17, 15) is 9.90 Å². The van der Waals surface area contributed by atoms with E-state index in [0.29, 0.717) is 12.5 Å². The summed E-state index contributed by atoms with van der Waals surface area (Å²) >= 11 is 0. The zero-order valence-electron chi connectivity index (χ0n) is 11.3. The smallest absolute Gasteiger partial charge is 0.229 e. The molecule has 0 bridgehead atoms. The third-order valence-electron chi connectivity index (χ3n) is 4.29. The fraction of sp³-hybridized carbons (Fsp3) is 0.923. The van der Waals surface area contributed by atoms with Crippen LogP contribution in [0.15, 0.2) is 0 Å². The highest BCUT2D eigenvalue weighted by Crippen LogP contribution is 2.31. The lowest BCUT2D eigenvalue weighted by Crippen LogP contribution is -2.49. The Hall–Kier alpha value is -0.610. The summed E-state index contributed by atoms with van der Waals surface area (Å²) in [5, 5.41) is 9.24. The molecule has 100 valence electrons. The molecule has 1 fully saturated rings. The Bertz CT molecular complexity index is 250. The van der Waals surface area contributed by atoms with Gasteiger partial charge in [-0.1, -0.05) is 13.8 Å². The molecule has 1 aliphatic rings. The maximum absolute atomic E-state index is 12.4. The molecule has 0 heterocycles. The van der Waals surface area contributed by atoms with Crippen LogP contribution in [0, 0.1) is 11.3 Å². The van der Waals surface area contributed by atoms with Gasteiger partial charge in [-0.05, 0) is 31.6 Å². The van der Waals surface area contributed by atoms with Crippen LogP contribution in [0.1, 0.15) is 39.5 Å². The fourth-order valence-electron chi connectivity index (χ4n) is 2.65. The summed E-state index contributed by atoms with van der Waals surface area (Å²) in [6, 6.07) is 0. The van der Waals surface area contributed by atoms with E-state index in [0.717, 1.165) is 32.2 Å². The van der Waals surface area contributed by atoms with Crippen molar-refractivity contribution < 1.29 is 9.90 Å². The van der Waals surface area contributed by atoms with Gasteiger partial charge in [-0.15, -0.1) is 0 Å². The topological polar surface area (TPSA) is 66.6 Å². The van der Waals surface area contributed by atoms with Gasteiger partial charge in [0.25, 0.3) is 0 Å². The predicted molar refractivity (Wildman–Crippen MR) is 68.4 cm³/mol. The van der Waals surface area contributed by atoms with E-state index in [-0.39, 0.29) is 12.0 Å². The van der Waals surface area contributed by atoms with E-state index >= 15 is 0 Å². The third-order valence-corrected chi connectivity index (χ3v) is 4.29. The molecule has 0 radical (unpaired) electrons. The lowest BCUT2D eigenvalue weighted by Gasteiger charge is -2.38. The van der Waals surface area contributed by atoms with Crippen LogP contribution < -0.4 is 5.73 Å². The molecular formula is C13H26N2O2.